The molecule has 0 fully saturated rings. The van der Waals surface area contributed by atoms with E-state index in [1.807, 2.05) is 39.3 Å². The summed E-state index contributed by atoms with van der Waals surface area (Å²) in [6.07, 6.45) is 6.73. The van der Waals surface area contributed by atoms with E-state index < -0.39 is 0 Å². The molecule has 7 nitrogen and oxygen atoms in total. The smallest absolute Gasteiger partial charge is 0.252 e. The average Bonchev–Trinajstić information content (AvgIpc) is 3.27. The first-order chi connectivity index (χ1) is 14.8. The Bertz CT molecular complexity index is 1160. The number of likely N-dealkylation sites (N-methyl/N-ethyl adjacent to an activating group) is 1. The van der Waals surface area contributed by atoms with Crippen molar-refractivity contribution in [1.82, 2.24) is 20.1 Å². The highest BCUT2D eigenvalue weighted by Gasteiger charge is 2.35. The van der Waals surface area contributed by atoms with Gasteiger partial charge in [0.2, 0.25) is 0 Å². The Morgan fingerprint density at radius 1 is 0.968 bits per heavy atom. The highest BCUT2D eigenvalue weighted by molar-refractivity contribution is 6.36. The van der Waals surface area contributed by atoms with Gasteiger partial charge in [0.15, 0.2) is 5.78 Å². The minimum Gasteiger partial charge on any atom is -0.507 e. The van der Waals surface area contributed by atoms with Crippen LogP contribution in [0.15, 0.2) is 47.3 Å². The number of Topliss-reactive ketones (excluding diaryl/α,β-unsaturated/α-hetero) is 1. The Labute approximate surface area is 181 Å². The number of ketones is 1. The fraction of sp³-hybridized carbons (Fsp3) is 0.333. The third-order valence-electron chi connectivity index (χ3n) is 5.80. The topological polar surface area (TPSA) is 88.7 Å². The number of nitrogens with one attached hydrogen (secondary N) is 2. The molecule has 0 saturated carbocycles. The summed E-state index contributed by atoms with van der Waals surface area (Å²) in [5.74, 6) is -0.175. The highest BCUT2D eigenvalue weighted by Crippen LogP contribution is 2.38. The monoisotopic (exact) mass is 420 g/mol. The number of fused-ring (bicyclic) bond motifs is 2. The van der Waals surface area contributed by atoms with Gasteiger partial charge in [0.05, 0.1) is 16.8 Å². The van der Waals surface area contributed by atoms with E-state index in [0.29, 0.717) is 35.4 Å². The van der Waals surface area contributed by atoms with Crippen molar-refractivity contribution in [3.8, 4) is 5.75 Å². The van der Waals surface area contributed by atoms with Gasteiger partial charge in [0.1, 0.15) is 5.75 Å². The summed E-state index contributed by atoms with van der Waals surface area (Å²) >= 11 is 0. The lowest BCUT2D eigenvalue weighted by Gasteiger charge is -2.16. The number of phenols is 1. The van der Waals surface area contributed by atoms with E-state index in [9.17, 15) is 14.7 Å². The van der Waals surface area contributed by atoms with Crippen LogP contribution in [0.5, 0.6) is 5.75 Å². The summed E-state index contributed by atoms with van der Waals surface area (Å²) in [4.78, 5) is 33.3. The van der Waals surface area contributed by atoms with Crippen LogP contribution in [0.2, 0.25) is 0 Å². The molecular weight excluding hydrogens is 392 g/mol. The molecule has 1 aliphatic carbocycles. The second-order valence-corrected chi connectivity index (χ2v) is 8.60. The van der Waals surface area contributed by atoms with E-state index in [4.69, 9.17) is 0 Å². The normalized spacial score (nSPS) is 16.3. The van der Waals surface area contributed by atoms with E-state index in [1.165, 1.54) is 0 Å². The fourth-order valence-corrected chi connectivity index (χ4v) is 4.15. The third-order valence-corrected chi connectivity index (χ3v) is 5.80. The molecule has 2 aliphatic rings. The quantitative estimate of drug-likeness (QED) is 0.639. The molecule has 0 spiro atoms. The zero-order valence-electron chi connectivity index (χ0n) is 18.4. The van der Waals surface area contributed by atoms with Crippen LogP contribution in [0.3, 0.4) is 0 Å². The molecule has 0 radical (unpaired) electrons. The van der Waals surface area contributed by atoms with Gasteiger partial charge in [0, 0.05) is 41.4 Å². The van der Waals surface area contributed by atoms with Gasteiger partial charge in [-0.2, -0.15) is 0 Å². The van der Waals surface area contributed by atoms with Gasteiger partial charge in [-0.3, -0.25) is 9.59 Å². The number of amides is 1. The van der Waals surface area contributed by atoms with Crippen LogP contribution in [0.25, 0.3) is 16.5 Å². The minimum absolute atomic E-state index is 0.166. The first kappa shape index (κ1) is 21.1. The predicted octanol–water partition coefficient (Wildman–Crippen LogP) is 2.21. The van der Waals surface area contributed by atoms with Gasteiger partial charge >= 0.3 is 0 Å². The van der Waals surface area contributed by atoms with Crippen LogP contribution in [-0.2, 0) is 16.0 Å². The number of allylic oxidation sites excluding steroid dienone is 4. The second kappa shape index (κ2) is 8.17. The number of aromatic hydroxyl groups is 1. The molecule has 0 unspecified atom stereocenters. The molecule has 4 rings (SSSR count). The van der Waals surface area contributed by atoms with E-state index in [0.717, 1.165) is 35.0 Å². The van der Waals surface area contributed by atoms with E-state index >= 15 is 0 Å². The van der Waals surface area contributed by atoms with Crippen molar-refractivity contribution < 1.29 is 14.7 Å². The van der Waals surface area contributed by atoms with Gasteiger partial charge in [-0.1, -0.05) is 0 Å². The highest BCUT2D eigenvalue weighted by atomic mass is 16.3. The Hall–Kier alpha value is -3.16. The first-order valence-corrected chi connectivity index (χ1v) is 10.4. The van der Waals surface area contributed by atoms with E-state index in [1.54, 1.807) is 24.3 Å². The van der Waals surface area contributed by atoms with Crippen LogP contribution in [0.1, 0.15) is 17.5 Å². The number of nitrogens with zero attached hydrogens (tertiary/aromatic N) is 2. The number of benzene rings is 1. The van der Waals surface area contributed by atoms with Gasteiger partial charge < -0.3 is 25.2 Å². The molecule has 3 N–H and O–H groups in total. The number of carbonyl (C=O) groups excluding carboxylic acids is 2. The molecule has 0 saturated heterocycles. The Balaban J connectivity index is 1.76. The maximum absolute atomic E-state index is 13.5. The number of hydrogen-bond donors (Lipinski definition) is 3. The molecule has 0 bridgehead atoms. The van der Waals surface area contributed by atoms with Crippen LogP contribution in [-0.4, -0.2) is 72.9 Å². The molecule has 31 heavy (non-hydrogen) atoms. The second-order valence-electron chi connectivity index (χ2n) is 8.60. The number of aromatic amines is 1. The lowest BCUT2D eigenvalue weighted by atomic mass is 9.87. The van der Waals surface area contributed by atoms with E-state index in [-0.39, 0.29) is 17.4 Å². The summed E-state index contributed by atoms with van der Waals surface area (Å²) in [5.41, 5.74) is 4.55. The largest absolute Gasteiger partial charge is 0.507 e. The van der Waals surface area contributed by atoms with Gasteiger partial charge in [-0.15, -0.1) is 0 Å². The Kier molecular flexibility index (Phi) is 5.56. The first-order valence-electron chi connectivity index (χ1n) is 10.4. The molecular formula is C24H28N4O3. The van der Waals surface area contributed by atoms with E-state index in [2.05, 4.69) is 15.2 Å². The predicted molar refractivity (Wildman–Crippen MR) is 122 cm³/mol. The summed E-state index contributed by atoms with van der Waals surface area (Å²) in [6, 6.07) is 3.40. The number of rotatable bonds is 7. The maximum Gasteiger partial charge on any atom is 0.252 e. The maximum atomic E-state index is 13.5. The van der Waals surface area contributed by atoms with Crippen molar-refractivity contribution in [1.29, 1.82) is 0 Å². The summed E-state index contributed by atoms with van der Waals surface area (Å²) in [7, 11) is 7.90. The Morgan fingerprint density at radius 3 is 2.39 bits per heavy atom. The Morgan fingerprint density at radius 2 is 1.68 bits per heavy atom. The SMILES string of the molecule is CN(C)CCC1=C2C(=O)C(c3ccc(O)c4c(CCN(C)C)c[nH]c34)=CC=C2NC1=O. The number of carbonyl (C=O) groups is 2. The lowest BCUT2D eigenvalue weighted by molar-refractivity contribution is -0.116. The molecule has 2 aromatic rings. The zero-order chi connectivity index (χ0) is 22.3. The summed E-state index contributed by atoms with van der Waals surface area (Å²) in [6.45, 7) is 1.53. The summed E-state index contributed by atoms with van der Waals surface area (Å²) in [5, 5.41) is 14.1. The molecule has 7 heteroatoms. The fourth-order valence-electron chi connectivity index (χ4n) is 4.15. The van der Waals surface area contributed by atoms with Crippen molar-refractivity contribution in [2.45, 2.75) is 12.8 Å². The van der Waals surface area contributed by atoms with Crippen LogP contribution < -0.4 is 5.32 Å². The van der Waals surface area contributed by atoms with Crippen molar-refractivity contribution >= 4 is 28.2 Å². The molecule has 1 aromatic heterocycles. The number of aromatic nitrogens is 1. The molecule has 162 valence electrons. The molecule has 1 aliphatic heterocycles. The van der Waals surface area contributed by atoms with Crippen molar-refractivity contribution in [3.05, 3.63) is 58.5 Å². The minimum atomic E-state index is -0.201. The lowest BCUT2D eigenvalue weighted by Crippen LogP contribution is -2.19. The average molecular weight is 421 g/mol. The standard InChI is InChI=1S/C24H28N4O3/c1-27(2)11-9-14-13-25-22-15(6-8-19(29)20(14)22)16-5-7-18-21(23(16)30)17(24(31)26-18)10-12-28(3)4/h5-8,13,25,29H,9-12H2,1-4H3,(H,26,31). The van der Waals surface area contributed by atoms with Crippen LogP contribution in [0, 0.1) is 0 Å². The molecule has 1 amide bonds. The van der Waals surface area contributed by atoms with Gasteiger partial charge in [-0.05, 0) is 70.9 Å². The molecule has 2 heterocycles. The zero-order valence-corrected chi connectivity index (χ0v) is 18.4. The van der Waals surface area contributed by atoms with Crippen molar-refractivity contribution in [2.75, 3.05) is 41.3 Å². The third kappa shape index (κ3) is 3.82. The number of H-pyrrole nitrogens is 1. The summed E-state index contributed by atoms with van der Waals surface area (Å²) < 4.78 is 0. The molecule has 0 atom stereocenters. The number of hydrogen-bond acceptors (Lipinski definition) is 5. The van der Waals surface area contributed by atoms with Crippen molar-refractivity contribution in [2.24, 2.45) is 0 Å². The van der Waals surface area contributed by atoms with Gasteiger partial charge in [0.25, 0.3) is 5.91 Å². The van der Waals surface area contributed by atoms with Crippen LogP contribution >= 0.6 is 0 Å². The van der Waals surface area contributed by atoms with Crippen molar-refractivity contribution in [3.63, 3.8) is 0 Å². The van der Waals surface area contributed by atoms with Crippen LogP contribution in [0.4, 0.5) is 0 Å². The molecule has 1 aromatic carbocycles. The number of phenolic OH excluding ortho intramolecular Hbond substituents is 1. The van der Waals surface area contributed by atoms with Gasteiger partial charge in [-0.25, -0.2) is 0 Å².